The second kappa shape index (κ2) is 6.81. The number of sulfonamides is 1. The fourth-order valence-electron chi connectivity index (χ4n) is 3.77. The third-order valence-electron chi connectivity index (χ3n) is 5.38. The first kappa shape index (κ1) is 19.8. The van der Waals surface area contributed by atoms with Gasteiger partial charge in [-0.05, 0) is 48.7 Å². The molecule has 0 atom stereocenters. The van der Waals surface area contributed by atoms with Gasteiger partial charge < -0.3 is 10.1 Å². The highest BCUT2D eigenvalue weighted by atomic mass is 79.9. The molecule has 1 fully saturated rings. The summed E-state index contributed by atoms with van der Waals surface area (Å²) in [6, 6.07) is 6.38. The molecule has 0 aromatic heterocycles. The number of benzene rings is 2. The van der Waals surface area contributed by atoms with E-state index in [1.165, 1.54) is 25.3 Å². The molecule has 1 amide bonds. The van der Waals surface area contributed by atoms with Gasteiger partial charge >= 0.3 is 5.97 Å². The monoisotopic (exact) mass is 482 g/mol. The van der Waals surface area contributed by atoms with Gasteiger partial charge in [-0.25, -0.2) is 17.6 Å². The molecular weight excluding hydrogens is 467 g/mol. The quantitative estimate of drug-likeness (QED) is 0.648. The van der Waals surface area contributed by atoms with E-state index in [2.05, 4.69) is 26.0 Å². The van der Waals surface area contributed by atoms with Crippen LogP contribution >= 0.6 is 15.9 Å². The number of carbonyl (C=O) groups excluding carboxylic acids is 2. The molecule has 0 saturated heterocycles. The van der Waals surface area contributed by atoms with Gasteiger partial charge in [0.15, 0.2) is 0 Å². The first-order valence-corrected chi connectivity index (χ1v) is 11.0. The lowest BCUT2D eigenvalue weighted by Crippen LogP contribution is -2.40. The third-order valence-corrected chi connectivity index (χ3v) is 7.28. The van der Waals surface area contributed by atoms with Gasteiger partial charge in [-0.2, -0.15) is 0 Å². The Morgan fingerprint density at radius 1 is 1.28 bits per heavy atom. The summed E-state index contributed by atoms with van der Waals surface area (Å²) in [5, 5.41) is 2.73. The van der Waals surface area contributed by atoms with Crippen LogP contribution in [0, 0.1) is 5.82 Å². The summed E-state index contributed by atoms with van der Waals surface area (Å²) in [5.41, 5.74) is 0.192. The maximum atomic E-state index is 14.2. The number of hydrogen-bond acceptors (Lipinski definition) is 5. The second-order valence-electron chi connectivity index (χ2n) is 7.01. The standard InChI is InChI=1S/C19H16BrFN2O5S/c1-28-17(24)12-8-11(9-13-16(12)22-18(25)19(13)5-2-6-19)23-29(26,27)15-4-3-10(20)7-14(15)21/h3-4,7-9,23H,2,5-6H2,1H3,(H,22,25). The summed E-state index contributed by atoms with van der Waals surface area (Å²) in [5.74, 6) is -1.86. The lowest BCUT2D eigenvalue weighted by molar-refractivity contribution is -0.123. The van der Waals surface area contributed by atoms with Crippen molar-refractivity contribution >= 4 is 49.2 Å². The van der Waals surface area contributed by atoms with Gasteiger partial charge in [-0.1, -0.05) is 22.4 Å². The van der Waals surface area contributed by atoms with E-state index in [-0.39, 0.29) is 17.2 Å². The lowest BCUT2D eigenvalue weighted by Gasteiger charge is -2.36. The van der Waals surface area contributed by atoms with Crippen molar-refractivity contribution in [1.82, 2.24) is 0 Å². The first-order valence-electron chi connectivity index (χ1n) is 8.74. The van der Waals surface area contributed by atoms with Crippen LogP contribution in [0.25, 0.3) is 0 Å². The predicted molar refractivity (Wildman–Crippen MR) is 107 cm³/mol. The Hall–Kier alpha value is -2.46. The zero-order valence-corrected chi connectivity index (χ0v) is 17.6. The van der Waals surface area contributed by atoms with Gasteiger partial charge in [0, 0.05) is 4.47 Å². The van der Waals surface area contributed by atoms with Crippen LogP contribution in [0.5, 0.6) is 0 Å². The van der Waals surface area contributed by atoms with Crippen LogP contribution in [0.15, 0.2) is 39.7 Å². The highest BCUT2D eigenvalue weighted by molar-refractivity contribution is 9.10. The lowest BCUT2D eigenvalue weighted by atomic mass is 9.65. The Balaban J connectivity index is 1.81. The first-order chi connectivity index (χ1) is 13.7. The summed E-state index contributed by atoms with van der Waals surface area (Å²) in [4.78, 5) is 24.3. The SMILES string of the molecule is COC(=O)c1cc(NS(=O)(=O)c2ccc(Br)cc2F)cc2c1NC(=O)C21CCC1. The summed E-state index contributed by atoms with van der Waals surface area (Å²) in [6.07, 6.45) is 2.05. The van der Waals surface area contributed by atoms with Crippen LogP contribution in [0.4, 0.5) is 15.8 Å². The van der Waals surface area contributed by atoms with E-state index in [0.717, 1.165) is 18.6 Å². The van der Waals surface area contributed by atoms with Crippen molar-refractivity contribution in [2.75, 3.05) is 17.1 Å². The highest BCUT2D eigenvalue weighted by Gasteiger charge is 2.52. The van der Waals surface area contributed by atoms with Crippen molar-refractivity contribution < 1.29 is 27.1 Å². The summed E-state index contributed by atoms with van der Waals surface area (Å²) < 4.78 is 47.1. The highest BCUT2D eigenvalue weighted by Crippen LogP contribution is 2.52. The van der Waals surface area contributed by atoms with Crippen LogP contribution < -0.4 is 10.0 Å². The summed E-state index contributed by atoms with van der Waals surface area (Å²) in [6.45, 7) is 0. The Bertz CT molecular complexity index is 1160. The number of anilines is 2. The van der Waals surface area contributed by atoms with E-state index < -0.39 is 32.1 Å². The number of nitrogens with one attached hydrogen (secondary N) is 2. The molecule has 10 heteroatoms. The molecule has 152 valence electrons. The topological polar surface area (TPSA) is 102 Å². The number of amides is 1. The number of carbonyl (C=O) groups is 2. The van der Waals surface area contributed by atoms with Crippen LogP contribution in [0.1, 0.15) is 35.2 Å². The zero-order valence-electron chi connectivity index (χ0n) is 15.2. The van der Waals surface area contributed by atoms with Crippen LogP contribution in [-0.4, -0.2) is 27.4 Å². The molecule has 2 aromatic rings. The van der Waals surface area contributed by atoms with Gasteiger partial charge in [0.25, 0.3) is 10.0 Å². The number of halogens is 2. The Morgan fingerprint density at radius 2 is 2.00 bits per heavy atom. The molecule has 2 N–H and O–H groups in total. The molecule has 1 spiro atoms. The van der Waals surface area contributed by atoms with E-state index in [9.17, 15) is 22.4 Å². The van der Waals surface area contributed by atoms with Crippen LogP contribution in [0.2, 0.25) is 0 Å². The van der Waals surface area contributed by atoms with Crippen molar-refractivity contribution in [2.45, 2.75) is 29.6 Å². The number of methoxy groups -OCH3 is 1. The van der Waals surface area contributed by atoms with Gasteiger partial charge in [0.1, 0.15) is 10.7 Å². The fourth-order valence-corrected chi connectivity index (χ4v) is 5.20. The average molecular weight is 483 g/mol. The van der Waals surface area contributed by atoms with Gasteiger partial charge in [-0.15, -0.1) is 0 Å². The van der Waals surface area contributed by atoms with Gasteiger partial charge in [0.2, 0.25) is 5.91 Å². The molecule has 0 bridgehead atoms. The number of esters is 1. The van der Waals surface area contributed by atoms with Crippen molar-refractivity contribution in [3.8, 4) is 0 Å². The second-order valence-corrected chi connectivity index (χ2v) is 9.57. The minimum Gasteiger partial charge on any atom is -0.465 e. The van der Waals surface area contributed by atoms with Crippen molar-refractivity contribution in [3.05, 3.63) is 51.7 Å². The Labute approximate surface area is 174 Å². The van der Waals surface area contributed by atoms with E-state index >= 15 is 0 Å². The number of hydrogen-bond donors (Lipinski definition) is 2. The van der Waals surface area contributed by atoms with E-state index in [1.54, 1.807) is 0 Å². The Kier molecular flexibility index (Phi) is 4.66. The predicted octanol–water partition coefficient (Wildman–Crippen LogP) is 3.55. The smallest absolute Gasteiger partial charge is 0.340 e. The van der Waals surface area contributed by atoms with Crippen LogP contribution in [0.3, 0.4) is 0 Å². The summed E-state index contributed by atoms with van der Waals surface area (Å²) in [7, 11) is -3.08. The largest absolute Gasteiger partial charge is 0.465 e. The molecular formula is C19H16BrFN2O5S. The molecule has 4 rings (SSSR count). The van der Waals surface area contributed by atoms with Crippen molar-refractivity contribution in [3.63, 3.8) is 0 Å². The Morgan fingerprint density at radius 3 is 2.59 bits per heavy atom. The molecule has 1 heterocycles. The molecule has 2 aromatic carbocycles. The molecule has 1 aliphatic carbocycles. The van der Waals surface area contributed by atoms with Crippen molar-refractivity contribution in [2.24, 2.45) is 0 Å². The maximum absolute atomic E-state index is 14.2. The number of rotatable bonds is 4. The minimum atomic E-state index is -4.27. The molecule has 0 radical (unpaired) electrons. The summed E-state index contributed by atoms with van der Waals surface area (Å²) >= 11 is 3.08. The number of fused-ring (bicyclic) bond motifs is 2. The minimum absolute atomic E-state index is 0.0381. The molecule has 1 saturated carbocycles. The van der Waals surface area contributed by atoms with Crippen LogP contribution in [-0.2, 0) is 25.0 Å². The third kappa shape index (κ3) is 3.10. The van der Waals surface area contributed by atoms with E-state index in [1.807, 2.05) is 0 Å². The maximum Gasteiger partial charge on any atom is 0.340 e. The molecule has 7 nitrogen and oxygen atoms in total. The van der Waals surface area contributed by atoms with E-state index in [0.29, 0.717) is 28.6 Å². The van der Waals surface area contributed by atoms with E-state index in [4.69, 9.17) is 4.74 Å². The average Bonchev–Trinajstić information content (AvgIpc) is 2.91. The molecule has 2 aliphatic rings. The van der Waals surface area contributed by atoms with Gasteiger partial charge in [0.05, 0.1) is 29.5 Å². The molecule has 0 unspecified atom stereocenters. The number of ether oxygens (including phenoxy) is 1. The molecule has 29 heavy (non-hydrogen) atoms. The van der Waals surface area contributed by atoms with Gasteiger partial charge in [-0.3, -0.25) is 9.52 Å². The normalized spacial score (nSPS) is 16.7. The molecule has 1 aliphatic heterocycles. The zero-order chi connectivity index (χ0) is 21.0. The fraction of sp³-hybridized carbons (Fsp3) is 0.263. The van der Waals surface area contributed by atoms with Crippen molar-refractivity contribution in [1.29, 1.82) is 0 Å².